The van der Waals surface area contributed by atoms with Crippen molar-refractivity contribution in [2.24, 2.45) is 11.8 Å². The molecule has 0 rings (SSSR count). The van der Waals surface area contributed by atoms with Crippen molar-refractivity contribution in [3.05, 3.63) is 0 Å². The highest BCUT2D eigenvalue weighted by atomic mass is 32.2. The van der Waals surface area contributed by atoms with E-state index in [1.165, 1.54) is 7.11 Å². The minimum absolute atomic E-state index is 0.0220. The van der Waals surface area contributed by atoms with E-state index < -0.39 is 0 Å². The van der Waals surface area contributed by atoms with Crippen molar-refractivity contribution in [3.8, 4) is 0 Å². The van der Waals surface area contributed by atoms with Crippen LogP contribution in [0.4, 0.5) is 0 Å². The van der Waals surface area contributed by atoms with Crippen LogP contribution in [0.5, 0.6) is 0 Å². The molecule has 2 nitrogen and oxygen atoms in total. The monoisotopic (exact) mass is 218 g/mol. The van der Waals surface area contributed by atoms with Crippen LogP contribution < -0.4 is 0 Å². The Morgan fingerprint density at radius 2 is 1.57 bits per heavy atom. The summed E-state index contributed by atoms with van der Waals surface area (Å²) in [5.41, 5.74) is 0. The number of carbonyl (C=O) groups excluding carboxylic acids is 1. The van der Waals surface area contributed by atoms with Crippen LogP contribution in [0, 0.1) is 11.8 Å². The minimum atomic E-state index is -0.110. The van der Waals surface area contributed by atoms with Gasteiger partial charge in [-0.3, -0.25) is 4.79 Å². The molecule has 0 aliphatic carbocycles. The van der Waals surface area contributed by atoms with Crippen LogP contribution >= 0.6 is 11.8 Å². The molecule has 0 spiro atoms. The fourth-order valence-electron chi connectivity index (χ4n) is 0.991. The number of rotatable bonds is 5. The number of methoxy groups -OCH3 is 1. The first-order valence-corrected chi connectivity index (χ1v) is 6.07. The number of hydrogen-bond donors (Lipinski definition) is 0. The molecule has 0 aromatic rings. The van der Waals surface area contributed by atoms with Crippen molar-refractivity contribution in [3.63, 3.8) is 0 Å². The van der Waals surface area contributed by atoms with Gasteiger partial charge in [0.05, 0.1) is 13.0 Å². The van der Waals surface area contributed by atoms with Crippen LogP contribution in [-0.2, 0) is 9.53 Å². The van der Waals surface area contributed by atoms with E-state index in [4.69, 9.17) is 4.74 Å². The first kappa shape index (κ1) is 13.8. The smallest absolute Gasteiger partial charge is 0.309 e. The van der Waals surface area contributed by atoms with Gasteiger partial charge in [-0.25, -0.2) is 0 Å². The molecule has 84 valence electrons. The van der Waals surface area contributed by atoms with Crippen molar-refractivity contribution in [1.29, 1.82) is 0 Å². The Morgan fingerprint density at radius 1 is 1.07 bits per heavy atom. The lowest BCUT2D eigenvalue weighted by atomic mass is 10.1. The van der Waals surface area contributed by atoms with E-state index in [2.05, 4.69) is 27.7 Å². The fraction of sp³-hybridized carbons (Fsp3) is 0.909. The molecule has 0 radical (unpaired) electrons. The van der Waals surface area contributed by atoms with Crippen LogP contribution in [0.1, 0.15) is 34.6 Å². The molecule has 3 unspecified atom stereocenters. The van der Waals surface area contributed by atoms with Crippen molar-refractivity contribution in [2.75, 3.05) is 7.11 Å². The highest BCUT2D eigenvalue weighted by Crippen LogP contribution is 2.28. The Labute approximate surface area is 91.8 Å². The molecule has 0 aromatic heterocycles. The number of carbonyl (C=O) groups is 1. The standard InChI is InChI=1S/C11H22O2S/c1-7(2)9(4)14-10(5)8(3)11(12)13-6/h7-10H,1-6H3. The number of thioether (sulfide) groups is 1. The zero-order chi connectivity index (χ0) is 11.3. The van der Waals surface area contributed by atoms with E-state index in [9.17, 15) is 4.79 Å². The maximum Gasteiger partial charge on any atom is 0.309 e. The zero-order valence-corrected chi connectivity index (χ0v) is 10.9. The summed E-state index contributed by atoms with van der Waals surface area (Å²) in [6, 6.07) is 0. The SMILES string of the molecule is COC(=O)C(C)C(C)SC(C)C(C)C. The van der Waals surface area contributed by atoms with Gasteiger partial charge < -0.3 is 4.74 Å². The van der Waals surface area contributed by atoms with Crippen molar-refractivity contribution in [1.82, 2.24) is 0 Å². The van der Waals surface area contributed by atoms with Gasteiger partial charge in [0.2, 0.25) is 0 Å². The molecule has 0 saturated carbocycles. The molecule has 0 saturated heterocycles. The Morgan fingerprint density at radius 3 is 1.93 bits per heavy atom. The summed E-state index contributed by atoms with van der Waals surface area (Å²) in [4.78, 5) is 11.3. The maximum absolute atomic E-state index is 11.3. The molecule has 0 N–H and O–H groups in total. The van der Waals surface area contributed by atoms with Gasteiger partial charge in [-0.1, -0.05) is 34.6 Å². The Kier molecular flexibility index (Phi) is 6.25. The maximum atomic E-state index is 11.3. The lowest BCUT2D eigenvalue weighted by Gasteiger charge is -2.23. The van der Waals surface area contributed by atoms with Gasteiger partial charge in [-0.15, -0.1) is 0 Å². The van der Waals surface area contributed by atoms with Gasteiger partial charge in [0.25, 0.3) is 0 Å². The Bertz CT molecular complexity index is 180. The summed E-state index contributed by atoms with van der Waals surface area (Å²) >= 11 is 1.86. The van der Waals surface area contributed by atoms with Crippen LogP contribution in [0.3, 0.4) is 0 Å². The molecule has 0 aliphatic heterocycles. The summed E-state index contributed by atoms with van der Waals surface area (Å²) < 4.78 is 4.72. The minimum Gasteiger partial charge on any atom is -0.469 e. The Hall–Kier alpha value is -0.180. The van der Waals surface area contributed by atoms with Gasteiger partial charge in [-0.2, -0.15) is 11.8 Å². The van der Waals surface area contributed by atoms with E-state index >= 15 is 0 Å². The van der Waals surface area contributed by atoms with E-state index in [0.717, 1.165) is 0 Å². The third-order valence-corrected chi connectivity index (χ3v) is 4.46. The fourth-order valence-corrected chi connectivity index (χ4v) is 2.33. The van der Waals surface area contributed by atoms with Crippen molar-refractivity contribution >= 4 is 17.7 Å². The third kappa shape index (κ3) is 4.36. The predicted octanol–water partition coefficient (Wildman–Crippen LogP) is 2.96. The van der Waals surface area contributed by atoms with Crippen molar-refractivity contribution < 1.29 is 9.53 Å². The lowest BCUT2D eigenvalue weighted by molar-refractivity contribution is -0.144. The highest BCUT2D eigenvalue weighted by molar-refractivity contribution is 8.00. The summed E-state index contributed by atoms with van der Waals surface area (Å²) in [5, 5.41) is 0.900. The lowest BCUT2D eigenvalue weighted by Crippen LogP contribution is -2.24. The van der Waals surface area contributed by atoms with Gasteiger partial charge >= 0.3 is 5.97 Å². The molecule has 0 aliphatic rings. The molecular formula is C11H22O2S. The van der Waals surface area contributed by atoms with E-state index in [1.807, 2.05) is 18.7 Å². The van der Waals surface area contributed by atoms with Crippen LogP contribution in [-0.4, -0.2) is 23.6 Å². The van der Waals surface area contributed by atoms with Crippen molar-refractivity contribution in [2.45, 2.75) is 45.1 Å². The van der Waals surface area contributed by atoms with Crippen LogP contribution in [0.2, 0.25) is 0 Å². The quantitative estimate of drug-likeness (QED) is 0.664. The summed E-state index contributed by atoms with van der Waals surface area (Å²) in [6.07, 6.45) is 0. The molecule has 3 atom stereocenters. The van der Waals surface area contributed by atoms with Gasteiger partial charge in [0.15, 0.2) is 0 Å². The topological polar surface area (TPSA) is 26.3 Å². The molecule has 0 fully saturated rings. The van der Waals surface area contributed by atoms with Gasteiger partial charge in [0.1, 0.15) is 0 Å². The first-order valence-electron chi connectivity index (χ1n) is 5.13. The normalized spacial score (nSPS) is 17.6. The molecule has 0 amide bonds. The summed E-state index contributed by atoms with van der Waals surface area (Å²) in [6.45, 7) is 10.6. The summed E-state index contributed by atoms with van der Waals surface area (Å²) in [5.74, 6) is 0.513. The summed E-state index contributed by atoms with van der Waals surface area (Å²) in [7, 11) is 1.45. The average Bonchev–Trinajstić information content (AvgIpc) is 2.14. The first-order chi connectivity index (χ1) is 6.40. The van der Waals surface area contributed by atoms with E-state index in [-0.39, 0.29) is 11.9 Å². The molecule has 14 heavy (non-hydrogen) atoms. The van der Waals surface area contributed by atoms with Crippen LogP contribution in [0.25, 0.3) is 0 Å². The van der Waals surface area contributed by atoms with Crippen LogP contribution in [0.15, 0.2) is 0 Å². The highest BCUT2D eigenvalue weighted by Gasteiger charge is 2.23. The Balaban J connectivity index is 4.07. The van der Waals surface area contributed by atoms with Gasteiger partial charge in [-0.05, 0) is 5.92 Å². The molecular weight excluding hydrogens is 196 g/mol. The second kappa shape index (κ2) is 6.33. The average molecular weight is 218 g/mol. The molecule has 0 aromatic carbocycles. The second-order valence-corrected chi connectivity index (χ2v) is 5.86. The third-order valence-electron chi connectivity index (χ3n) is 2.65. The molecule has 3 heteroatoms. The number of esters is 1. The van der Waals surface area contributed by atoms with E-state index in [0.29, 0.717) is 16.4 Å². The number of hydrogen-bond acceptors (Lipinski definition) is 3. The largest absolute Gasteiger partial charge is 0.469 e. The zero-order valence-electron chi connectivity index (χ0n) is 10.0. The second-order valence-electron chi connectivity index (χ2n) is 4.10. The number of ether oxygens (including phenoxy) is 1. The predicted molar refractivity (Wildman–Crippen MR) is 62.5 cm³/mol. The molecule has 0 heterocycles. The molecule has 0 bridgehead atoms. The van der Waals surface area contributed by atoms with Gasteiger partial charge in [0, 0.05) is 10.5 Å². The van der Waals surface area contributed by atoms with E-state index in [1.54, 1.807) is 0 Å².